The average Bonchev–Trinajstić information content (AvgIpc) is 3.00. The van der Waals surface area contributed by atoms with Crippen LogP contribution in [0.4, 0.5) is 10.1 Å². The maximum absolute atomic E-state index is 13.0. The van der Waals surface area contributed by atoms with E-state index in [9.17, 15) is 14.0 Å². The lowest BCUT2D eigenvalue weighted by molar-refractivity contribution is -0.119. The van der Waals surface area contributed by atoms with E-state index in [2.05, 4.69) is 5.32 Å². The first-order valence-electron chi connectivity index (χ1n) is 8.03. The van der Waals surface area contributed by atoms with Gasteiger partial charge < -0.3 is 15.6 Å². The topological polar surface area (TPSA) is 77.1 Å². The Labute approximate surface area is 151 Å². The van der Waals surface area contributed by atoms with Crippen LogP contribution in [-0.2, 0) is 11.3 Å². The lowest BCUT2D eigenvalue weighted by Crippen LogP contribution is -2.29. The highest BCUT2D eigenvalue weighted by atomic mass is 35.5. The molecule has 134 valence electrons. The highest BCUT2D eigenvalue weighted by Crippen LogP contribution is 2.25. The molecule has 0 spiro atoms. The molecule has 5 nitrogen and oxygen atoms in total. The van der Waals surface area contributed by atoms with Crippen LogP contribution in [0, 0.1) is 11.7 Å². The minimum atomic E-state index is -0.318. The minimum Gasteiger partial charge on any atom is -0.328 e. The van der Waals surface area contributed by atoms with Gasteiger partial charge in [-0.3, -0.25) is 9.59 Å². The number of nitrogens with zero attached hydrogens (tertiary/aromatic N) is 1. The fourth-order valence-corrected chi connectivity index (χ4v) is 3.03. The normalized spacial score (nSPS) is 19.3. The monoisotopic (exact) mass is 365 g/mol. The van der Waals surface area contributed by atoms with Crippen molar-refractivity contribution in [3.63, 3.8) is 0 Å². The molecule has 1 aliphatic carbocycles. The van der Waals surface area contributed by atoms with Gasteiger partial charge in [0.2, 0.25) is 5.91 Å². The number of hydrogen-bond donors (Lipinski definition) is 2. The van der Waals surface area contributed by atoms with E-state index in [1.54, 1.807) is 30.5 Å². The molecule has 0 saturated heterocycles. The molecule has 1 aromatic carbocycles. The summed E-state index contributed by atoms with van der Waals surface area (Å²) in [5.74, 6) is -0.605. The number of nitrogens with two attached hydrogens (primary N) is 1. The fourth-order valence-electron chi connectivity index (χ4n) is 3.03. The summed E-state index contributed by atoms with van der Waals surface area (Å²) in [7, 11) is 0. The van der Waals surface area contributed by atoms with Crippen LogP contribution >= 0.6 is 12.4 Å². The quantitative estimate of drug-likeness (QED) is 0.874. The highest BCUT2D eigenvalue weighted by Gasteiger charge is 2.28. The number of aromatic nitrogens is 1. The van der Waals surface area contributed by atoms with Crippen LogP contribution in [0.2, 0.25) is 0 Å². The zero-order valence-corrected chi connectivity index (χ0v) is 14.5. The molecule has 25 heavy (non-hydrogen) atoms. The number of halogens is 2. The van der Waals surface area contributed by atoms with E-state index < -0.39 is 0 Å². The molecule has 1 saturated carbocycles. The molecule has 1 amide bonds. The van der Waals surface area contributed by atoms with Crippen molar-refractivity contribution in [1.82, 2.24) is 4.57 Å². The summed E-state index contributed by atoms with van der Waals surface area (Å²) in [5.41, 5.74) is 6.62. The van der Waals surface area contributed by atoms with Gasteiger partial charge in [0, 0.05) is 18.2 Å². The maximum Gasteiger partial charge on any atom is 0.274 e. The van der Waals surface area contributed by atoms with Gasteiger partial charge in [0.25, 0.3) is 5.56 Å². The van der Waals surface area contributed by atoms with Gasteiger partial charge in [-0.2, -0.15) is 0 Å². The smallest absolute Gasteiger partial charge is 0.274 e. The first kappa shape index (κ1) is 19.1. The largest absolute Gasteiger partial charge is 0.328 e. The minimum absolute atomic E-state index is 0. The molecule has 7 heteroatoms. The number of nitrogens with one attached hydrogen (secondary N) is 1. The van der Waals surface area contributed by atoms with Gasteiger partial charge in [0.15, 0.2) is 0 Å². The predicted octanol–water partition coefficient (Wildman–Crippen LogP) is 2.52. The molecule has 3 N–H and O–H groups in total. The van der Waals surface area contributed by atoms with Gasteiger partial charge in [0.1, 0.15) is 11.5 Å². The molecular weight excluding hydrogens is 345 g/mol. The molecule has 0 bridgehead atoms. The van der Waals surface area contributed by atoms with Gasteiger partial charge in [-0.1, -0.05) is 12.1 Å². The van der Waals surface area contributed by atoms with E-state index in [1.807, 2.05) is 0 Å². The van der Waals surface area contributed by atoms with Crippen molar-refractivity contribution in [2.24, 2.45) is 11.7 Å². The Morgan fingerprint density at radius 1 is 1.24 bits per heavy atom. The maximum atomic E-state index is 13.0. The lowest BCUT2D eigenvalue weighted by Gasteiger charge is -2.12. The zero-order valence-electron chi connectivity index (χ0n) is 13.7. The van der Waals surface area contributed by atoms with Crippen molar-refractivity contribution in [2.45, 2.75) is 31.8 Å². The summed E-state index contributed by atoms with van der Waals surface area (Å²) >= 11 is 0. The highest BCUT2D eigenvalue weighted by molar-refractivity contribution is 5.92. The molecule has 2 atom stereocenters. The van der Waals surface area contributed by atoms with Crippen molar-refractivity contribution in [3.8, 4) is 0 Å². The zero-order chi connectivity index (χ0) is 17.1. The first-order chi connectivity index (χ1) is 11.5. The number of carbonyl (C=O) groups excluding carboxylic acids is 1. The first-order valence-corrected chi connectivity index (χ1v) is 8.03. The molecule has 2 aromatic rings. The number of amides is 1. The summed E-state index contributed by atoms with van der Waals surface area (Å²) in [6, 6.07) is 9.34. The van der Waals surface area contributed by atoms with Crippen molar-refractivity contribution < 1.29 is 9.18 Å². The second kappa shape index (κ2) is 8.27. The van der Waals surface area contributed by atoms with Crippen LogP contribution in [0.15, 0.2) is 47.4 Å². The third kappa shape index (κ3) is 4.67. The number of carbonyl (C=O) groups is 1. The van der Waals surface area contributed by atoms with E-state index >= 15 is 0 Å². The Bertz CT molecular complexity index is 792. The Morgan fingerprint density at radius 2 is 1.96 bits per heavy atom. The number of benzene rings is 1. The molecule has 1 heterocycles. The Balaban J connectivity index is 0.00000225. The molecule has 2 unspecified atom stereocenters. The van der Waals surface area contributed by atoms with Gasteiger partial charge in [-0.25, -0.2) is 4.39 Å². The van der Waals surface area contributed by atoms with Crippen LogP contribution in [-0.4, -0.2) is 16.5 Å². The molecule has 1 fully saturated rings. The third-order valence-electron chi connectivity index (χ3n) is 4.39. The average molecular weight is 366 g/mol. The SMILES string of the molecule is Cl.NC1CCC(C(=O)Nc2cccn(Cc3ccc(F)cc3)c2=O)C1. The van der Waals surface area contributed by atoms with E-state index in [1.165, 1.54) is 16.7 Å². The Kier molecular flexibility index (Phi) is 6.33. The Morgan fingerprint density at radius 3 is 2.60 bits per heavy atom. The summed E-state index contributed by atoms with van der Waals surface area (Å²) in [6.07, 6.45) is 3.89. The molecule has 1 aliphatic rings. The van der Waals surface area contributed by atoms with Crippen LogP contribution in [0.1, 0.15) is 24.8 Å². The van der Waals surface area contributed by atoms with Crippen molar-refractivity contribution in [1.29, 1.82) is 0 Å². The van der Waals surface area contributed by atoms with E-state index in [0.717, 1.165) is 18.4 Å². The molecular formula is C18H21ClFN3O2. The summed E-state index contributed by atoms with van der Waals surface area (Å²) in [5, 5.41) is 2.72. The number of rotatable bonds is 4. The number of anilines is 1. The van der Waals surface area contributed by atoms with Crippen molar-refractivity contribution >= 4 is 24.0 Å². The molecule has 1 aromatic heterocycles. The Hall–Kier alpha value is -2.18. The summed E-state index contributed by atoms with van der Waals surface area (Å²) in [6.45, 7) is 0.317. The molecule has 3 rings (SSSR count). The summed E-state index contributed by atoms with van der Waals surface area (Å²) < 4.78 is 14.5. The van der Waals surface area contributed by atoms with Crippen molar-refractivity contribution in [2.75, 3.05) is 5.32 Å². The second-order valence-corrected chi connectivity index (χ2v) is 6.24. The van der Waals surface area contributed by atoms with Gasteiger partial charge >= 0.3 is 0 Å². The number of hydrogen-bond acceptors (Lipinski definition) is 3. The standard InChI is InChI=1S/C18H20FN3O2.ClH/c19-14-6-3-12(4-7-14)11-22-9-1-2-16(18(22)24)21-17(23)13-5-8-15(20)10-13;/h1-4,6-7,9,13,15H,5,8,10-11,20H2,(H,21,23);1H. The summed E-state index contributed by atoms with van der Waals surface area (Å²) in [4.78, 5) is 24.8. The van der Waals surface area contributed by atoms with Crippen LogP contribution in [0.25, 0.3) is 0 Å². The third-order valence-corrected chi connectivity index (χ3v) is 4.39. The lowest BCUT2D eigenvalue weighted by atomic mass is 10.1. The van der Waals surface area contributed by atoms with Crippen LogP contribution < -0.4 is 16.6 Å². The second-order valence-electron chi connectivity index (χ2n) is 6.24. The van der Waals surface area contributed by atoms with E-state index in [0.29, 0.717) is 13.0 Å². The van der Waals surface area contributed by atoms with E-state index in [-0.39, 0.29) is 47.3 Å². The van der Waals surface area contributed by atoms with E-state index in [4.69, 9.17) is 5.73 Å². The number of pyridine rings is 1. The molecule has 0 aliphatic heterocycles. The van der Waals surface area contributed by atoms with Gasteiger partial charge in [-0.15, -0.1) is 12.4 Å². The van der Waals surface area contributed by atoms with Gasteiger partial charge in [0.05, 0.1) is 6.54 Å². The van der Waals surface area contributed by atoms with Crippen LogP contribution in [0.3, 0.4) is 0 Å². The molecule has 0 radical (unpaired) electrons. The van der Waals surface area contributed by atoms with Crippen LogP contribution in [0.5, 0.6) is 0 Å². The van der Waals surface area contributed by atoms with Crippen molar-refractivity contribution in [3.05, 3.63) is 64.3 Å². The predicted molar refractivity (Wildman–Crippen MR) is 97.4 cm³/mol. The fraction of sp³-hybridized carbons (Fsp3) is 0.333. The van der Waals surface area contributed by atoms with Gasteiger partial charge in [-0.05, 0) is 49.1 Å².